The molecular formula is C9H11NOS. The summed E-state index contributed by atoms with van der Waals surface area (Å²) in [6.45, 7) is 3.96. The molecule has 0 aromatic carbocycles. The van der Waals surface area contributed by atoms with E-state index in [-0.39, 0.29) is 11.3 Å². The Hall–Kier alpha value is -0.830. The number of thiophene rings is 1. The molecule has 2 nitrogen and oxygen atoms in total. The Morgan fingerprint density at radius 2 is 2.17 bits per heavy atom. The molecule has 2 rings (SSSR count). The first-order valence-electron chi connectivity index (χ1n) is 3.91. The number of nitrogens with zero attached hydrogens (tertiary/aromatic N) is 1. The lowest BCUT2D eigenvalue weighted by molar-refractivity contribution is -0.121. The Labute approximate surface area is 75.8 Å². The van der Waals surface area contributed by atoms with Crippen LogP contribution in [0.2, 0.25) is 0 Å². The average Bonchev–Trinajstić information content (AvgIpc) is 2.54. The van der Waals surface area contributed by atoms with Crippen LogP contribution in [0.5, 0.6) is 0 Å². The molecule has 2 heterocycles. The number of rotatable bonds is 0. The number of hydrogen-bond acceptors (Lipinski definition) is 2. The number of fused-ring (bicyclic) bond motifs is 1. The molecule has 0 radical (unpaired) electrons. The highest BCUT2D eigenvalue weighted by Crippen LogP contribution is 2.43. The molecular weight excluding hydrogens is 170 g/mol. The number of carbonyl (C=O) groups is 1. The molecule has 1 aromatic rings. The molecule has 0 unspecified atom stereocenters. The van der Waals surface area contributed by atoms with Gasteiger partial charge in [0.2, 0.25) is 5.91 Å². The van der Waals surface area contributed by atoms with Crippen molar-refractivity contribution < 1.29 is 4.79 Å². The summed E-state index contributed by atoms with van der Waals surface area (Å²) in [5.74, 6) is 0.198. The van der Waals surface area contributed by atoms with Gasteiger partial charge in [-0.2, -0.15) is 0 Å². The van der Waals surface area contributed by atoms with E-state index in [2.05, 4.69) is 0 Å². The smallest absolute Gasteiger partial charge is 0.237 e. The Balaban J connectivity index is 2.64. The maximum Gasteiger partial charge on any atom is 0.237 e. The maximum absolute atomic E-state index is 11.7. The summed E-state index contributed by atoms with van der Waals surface area (Å²) in [4.78, 5) is 14.6. The average molecular weight is 181 g/mol. The van der Waals surface area contributed by atoms with Crippen molar-refractivity contribution in [3.05, 3.63) is 16.3 Å². The molecule has 0 saturated carbocycles. The second kappa shape index (κ2) is 2.10. The van der Waals surface area contributed by atoms with Crippen LogP contribution in [0, 0.1) is 0 Å². The fourth-order valence-corrected chi connectivity index (χ4v) is 2.70. The highest BCUT2D eigenvalue weighted by Gasteiger charge is 2.43. The molecule has 64 valence electrons. The molecule has 1 aromatic heterocycles. The van der Waals surface area contributed by atoms with E-state index >= 15 is 0 Å². The Bertz CT molecular complexity index is 340. The number of carbonyl (C=O) groups excluding carboxylic acids is 1. The van der Waals surface area contributed by atoms with Gasteiger partial charge in [0.25, 0.3) is 0 Å². The van der Waals surface area contributed by atoms with Gasteiger partial charge in [-0.3, -0.25) is 4.79 Å². The molecule has 0 atom stereocenters. The van der Waals surface area contributed by atoms with Crippen LogP contribution in [-0.4, -0.2) is 13.0 Å². The summed E-state index contributed by atoms with van der Waals surface area (Å²) in [5, 5.41) is 2.04. The predicted octanol–water partition coefficient (Wildman–Crippen LogP) is 2.00. The largest absolute Gasteiger partial charge is 0.314 e. The molecule has 0 spiro atoms. The van der Waals surface area contributed by atoms with Crippen LogP contribution >= 0.6 is 11.3 Å². The summed E-state index contributed by atoms with van der Waals surface area (Å²) in [5.41, 5.74) is 0.771. The van der Waals surface area contributed by atoms with Crippen LogP contribution in [0.3, 0.4) is 0 Å². The lowest BCUT2D eigenvalue weighted by atomic mass is 9.93. The van der Waals surface area contributed by atoms with Gasteiger partial charge in [0, 0.05) is 11.9 Å². The van der Waals surface area contributed by atoms with Gasteiger partial charge in [0.05, 0.1) is 11.1 Å². The predicted molar refractivity (Wildman–Crippen MR) is 50.8 cm³/mol. The molecule has 0 bridgehead atoms. The first-order valence-corrected chi connectivity index (χ1v) is 4.79. The van der Waals surface area contributed by atoms with E-state index in [1.54, 1.807) is 16.2 Å². The molecule has 3 heteroatoms. The topological polar surface area (TPSA) is 20.3 Å². The molecule has 0 fully saturated rings. The second-order valence-electron chi connectivity index (χ2n) is 3.62. The molecule has 0 saturated heterocycles. The van der Waals surface area contributed by atoms with Crippen LogP contribution in [0.1, 0.15) is 18.7 Å². The van der Waals surface area contributed by atoms with Gasteiger partial charge in [-0.1, -0.05) is 0 Å². The van der Waals surface area contributed by atoms with E-state index in [1.807, 2.05) is 32.3 Å². The van der Waals surface area contributed by atoms with Crippen molar-refractivity contribution in [2.75, 3.05) is 11.9 Å². The summed E-state index contributed by atoms with van der Waals surface area (Å²) >= 11 is 1.66. The summed E-state index contributed by atoms with van der Waals surface area (Å²) < 4.78 is 0. The minimum absolute atomic E-state index is 0.198. The van der Waals surface area contributed by atoms with E-state index in [9.17, 15) is 4.79 Å². The normalized spacial score (nSPS) is 19.9. The minimum atomic E-state index is -0.307. The number of amides is 1. The van der Waals surface area contributed by atoms with Gasteiger partial charge in [-0.05, 0) is 25.3 Å². The number of anilines is 1. The van der Waals surface area contributed by atoms with Gasteiger partial charge >= 0.3 is 0 Å². The van der Waals surface area contributed by atoms with Crippen LogP contribution in [0.25, 0.3) is 0 Å². The fourth-order valence-electron chi connectivity index (χ4n) is 1.66. The van der Waals surface area contributed by atoms with Crippen molar-refractivity contribution in [2.45, 2.75) is 19.3 Å². The highest BCUT2D eigenvalue weighted by atomic mass is 32.1. The Kier molecular flexibility index (Phi) is 1.37. The zero-order valence-corrected chi connectivity index (χ0v) is 8.23. The van der Waals surface area contributed by atoms with E-state index in [0.717, 1.165) is 5.69 Å². The molecule has 1 aliphatic heterocycles. The molecule has 0 aliphatic carbocycles. The molecule has 0 N–H and O–H groups in total. The third kappa shape index (κ3) is 0.719. The van der Waals surface area contributed by atoms with Crippen molar-refractivity contribution in [3.8, 4) is 0 Å². The Morgan fingerprint density at radius 1 is 1.50 bits per heavy atom. The first kappa shape index (κ1) is 7.80. The first-order chi connectivity index (χ1) is 5.55. The van der Waals surface area contributed by atoms with Crippen molar-refractivity contribution in [3.63, 3.8) is 0 Å². The molecule has 12 heavy (non-hydrogen) atoms. The van der Waals surface area contributed by atoms with Gasteiger partial charge in [-0.15, -0.1) is 11.3 Å². The van der Waals surface area contributed by atoms with Crippen LogP contribution < -0.4 is 4.90 Å². The van der Waals surface area contributed by atoms with E-state index in [4.69, 9.17) is 0 Å². The van der Waals surface area contributed by atoms with E-state index in [0.29, 0.717) is 0 Å². The van der Waals surface area contributed by atoms with Crippen LogP contribution in [0.15, 0.2) is 11.4 Å². The minimum Gasteiger partial charge on any atom is -0.314 e. The van der Waals surface area contributed by atoms with Crippen molar-refractivity contribution in [1.82, 2.24) is 0 Å². The fraction of sp³-hybridized carbons (Fsp3) is 0.444. The number of hydrogen-bond donors (Lipinski definition) is 0. The Morgan fingerprint density at radius 3 is 2.75 bits per heavy atom. The van der Waals surface area contributed by atoms with Crippen molar-refractivity contribution in [2.24, 2.45) is 0 Å². The van der Waals surface area contributed by atoms with E-state index in [1.165, 1.54) is 4.88 Å². The quantitative estimate of drug-likeness (QED) is 0.599. The maximum atomic E-state index is 11.7. The lowest BCUT2D eigenvalue weighted by Gasteiger charge is -2.16. The van der Waals surface area contributed by atoms with Crippen molar-refractivity contribution >= 4 is 22.9 Å². The van der Waals surface area contributed by atoms with Crippen LogP contribution in [-0.2, 0) is 10.2 Å². The van der Waals surface area contributed by atoms with Gasteiger partial charge in [0.15, 0.2) is 0 Å². The SMILES string of the molecule is CN1C(=O)C(C)(C)c2sccc21. The lowest BCUT2D eigenvalue weighted by Crippen LogP contribution is -2.33. The van der Waals surface area contributed by atoms with Gasteiger partial charge in [-0.25, -0.2) is 0 Å². The second-order valence-corrected chi connectivity index (χ2v) is 4.54. The third-order valence-electron chi connectivity index (χ3n) is 2.41. The van der Waals surface area contributed by atoms with Gasteiger partial charge in [0.1, 0.15) is 0 Å². The summed E-state index contributed by atoms with van der Waals surface area (Å²) in [6.07, 6.45) is 0. The van der Waals surface area contributed by atoms with Crippen molar-refractivity contribution in [1.29, 1.82) is 0 Å². The zero-order valence-electron chi connectivity index (χ0n) is 7.42. The zero-order chi connectivity index (χ0) is 8.93. The third-order valence-corrected chi connectivity index (χ3v) is 3.64. The van der Waals surface area contributed by atoms with Crippen LogP contribution in [0.4, 0.5) is 5.69 Å². The summed E-state index contributed by atoms with van der Waals surface area (Å²) in [6, 6.07) is 2.01. The summed E-state index contributed by atoms with van der Waals surface area (Å²) in [7, 11) is 1.84. The monoisotopic (exact) mass is 181 g/mol. The molecule has 1 amide bonds. The standard InChI is InChI=1S/C9H11NOS/c1-9(2)7-6(4-5-12-7)10(3)8(9)11/h4-5H,1-3H3. The molecule has 1 aliphatic rings. The highest BCUT2D eigenvalue weighted by molar-refractivity contribution is 7.11. The van der Waals surface area contributed by atoms with E-state index < -0.39 is 0 Å². The number of likely N-dealkylation sites (N-methyl/N-ethyl adjacent to an activating group) is 1. The van der Waals surface area contributed by atoms with Gasteiger partial charge < -0.3 is 4.90 Å².